The number of carbonyl (C=O) groups excluding carboxylic acids is 2. The molecule has 3 amide bonds. The number of ether oxygens (including phenoxy) is 1. The molecule has 0 bridgehead atoms. The van der Waals surface area contributed by atoms with Crippen LogP contribution in [0.5, 0.6) is 5.75 Å². The number of carboxylic acids is 1. The lowest BCUT2D eigenvalue weighted by Crippen LogP contribution is -2.49. The minimum atomic E-state index is -1.11. The maximum atomic E-state index is 12.8. The molecule has 0 radical (unpaired) electrons. The van der Waals surface area contributed by atoms with Crippen LogP contribution in [0.3, 0.4) is 0 Å². The van der Waals surface area contributed by atoms with E-state index in [-0.39, 0.29) is 31.1 Å². The molecule has 2 aromatic carbocycles. The van der Waals surface area contributed by atoms with Gasteiger partial charge in [-0.2, -0.15) is 0 Å². The number of carbonyl (C=O) groups is 3. The number of para-hydroxylation sites is 1. The molecule has 8 nitrogen and oxygen atoms in total. The third-order valence-electron chi connectivity index (χ3n) is 5.59. The zero-order valence-corrected chi connectivity index (χ0v) is 19.9. The molecule has 2 N–H and O–H groups in total. The molecule has 0 fully saturated rings. The summed E-state index contributed by atoms with van der Waals surface area (Å²) in [6, 6.07) is 14.9. The fourth-order valence-corrected chi connectivity index (χ4v) is 4.07. The van der Waals surface area contributed by atoms with Crippen molar-refractivity contribution in [2.24, 2.45) is 0 Å². The van der Waals surface area contributed by atoms with Crippen LogP contribution in [0.25, 0.3) is 0 Å². The lowest BCUT2D eigenvalue weighted by atomic mass is 9.93. The van der Waals surface area contributed by atoms with E-state index < -0.39 is 18.0 Å². The van der Waals surface area contributed by atoms with Gasteiger partial charge in [-0.15, -0.1) is 0 Å². The predicted molar refractivity (Wildman–Crippen MR) is 129 cm³/mol. The lowest BCUT2D eigenvalue weighted by Gasteiger charge is -2.37. The summed E-state index contributed by atoms with van der Waals surface area (Å²) in [7, 11) is 1.70. The van der Waals surface area contributed by atoms with Crippen LogP contribution in [-0.4, -0.2) is 59.6 Å². The van der Waals surface area contributed by atoms with E-state index in [0.717, 1.165) is 0 Å². The number of carboxylic acid groups (broad SMARTS) is 1. The van der Waals surface area contributed by atoms with Gasteiger partial charge in [0.15, 0.2) is 0 Å². The van der Waals surface area contributed by atoms with Crippen LogP contribution in [0.1, 0.15) is 31.4 Å². The smallest absolute Gasteiger partial charge is 0.335 e. The molecule has 2 aromatic rings. The molecule has 1 unspecified atom stereocenters. The number of rotatable bonds is 10. The minimum absolute atomic E-state index is 0.0765. The third-order valence-corrected chi connectivity index (χ3v) is 5.82. The molecule has 1 atom stereocenters. The van der Waals surface area contributed by atoms with Crippen LogP contribution in [-0.2, 0) is 9.59 Å². The van der Waals surface area contributed by atoms with Crippen LogP contribution in [0.4, 0.5) is 4.79 Å². The molecule has 34 heavy (non-hydrogen) atoms. The fraction of sp³-hybridized carbons (Fsp3) is 0.320. The molecule has 1 aliphatic heterocycles. The van der Waals surface area contributed by atoms with Crippen LogP contribution in [0.2, 0.25) is 5.02 Å². The number of nitrogens with one attached hydrogen (secondary N) is 1. The summed E-state index contributed by atoms with van der Waals surface area (Å²) in [6.45, 7) is 2.50. The monoisotopic (exact) mass is 485 g/mol. The van der Waals surface area contributed by atoms with Gasteiger partial charge in [0.25, 0.3) is 0 Å². The quantitative estimate of drug-likeness (QED) is 0.528. The van der Waals surface area contributed by atoms with E-state index in [9.17, 15) is 19.5 Å². The molecular formula is C25H28ClN3O5. The molecule has 0 saturated heterocycles. The van der Waals surface area contributed by atoms with Crippen LogP contribution in [0, 0.1) is 0 Å². The summed E-state index contributed by atoms with van der Waals surface area (Å²) in [4.78, 5) is 40.3. The number of nitrogens with zero attached hydrogens (tertiary/aromatic N) is 2. The summed E-state index contributed by atoms with van der Waals surface area (Å²) in [6.07, 6.45) is 0.698. The van der Waals surface area contributed by atoms with Crippen LogP contribution in [0.15, 0.2) is 65.9 Å². The second kappa shape index (κ2) is 11.6. The Morgan fingerprint density at radius 1 is 1.18 bits per heavy atom. The zero-order chi connectivity index (χ0) is 24.7. The van der Waals surface area contributed by atoms with Crippen molar-refractivity contribution in [2.45, 2.75) is 25.8 Å². The highest BCUT2D eigenvalue weighted by atomic mass is 35.5. The van der Waals surface area contributed by atoms with E-state index in [0.29, 0.717) is 35.0 Å². The fourth-order valence-electron chi connectivity index (χ4n) is 3.88. The van der Waals surface area contributed by atoms with E-state index >= 15 is 0 Å². The van der Waals surface area contributed by atoms with Gasteiger partial charge < -0.3 is 25.0 Å². The molecule has 1 heterocycles. The molecule has 0 saturated carbocycles. The van der Waals surface area contributed by atoms with Crippen molar-refractivity contribution in [2.75, 3.05) is 26.7 Å². The minimum Gasteiger partial charge on any atom is -0.493 e. The number of benzene rings is 2. The van der Waals surface area contributed by atoms with Gasteiger partial charge in [0.2, 0.25) is 5.91 Å². The Morgan fingerprint density at radius 3 is 2.59 bits per heavy atom. The highest BCUT2D eigenvalue weighted by Gasteiger charge is 2.37. The Bertz CT molecular complexity index is 1070. The molecule has 0 aliphatic carbocycles. The summed E-state index contributed by atoms with van der Waals surface area (Å²) in [5.41, 5.74) is 0.996. The van der Waals surface area contributed by atoms with Crippen molar-refractivity contribution in [3.63, 3.8) is 0 Å². The summed E-state index contributed by atoms with van der Waals surface area (Å²) in [5.74, 6) is -0.482. The van der Waals surface area contributed by atoms with Gasteiger partial charge in [-0.1, -0.05) is 41.9 Å². The van der Waals surface area contributed by atoms with Crippen LogP contribution >= 0.6 is 11.6 Å². The first-order valence-electron chi connectivity index (χ1n) is 11.0. The van der Waals surface area contributed by atoms with Gasteiger partial charge >= 0.3 is 12.0 Å². The normalized spacial score (nSPS) is 15.7. The predicted octanol–water partition coefficient (Wildman–Crippen LogP) is 4.08. The van der Waals surface area contributed by atoms with Crippen molar-refractivity contribution in [3.8, 4) is 5.75 Å². The highest BCUT2D eigenvalue weighted by Crippen LogP contribution is 2.34. The van der Waals surface area contributed by atoms with Gasteiger partial charge in [-0.05, 0) is 43.2 Å². The lowest BCUT2D eigenvalue weighted by molar-refractivity contribution is -0.133. The Balaban J connectivity index is 1.62. The number of allylic oxidation sites excluding steroid dienone is 1. The second-order valence-electron chi connectivity index (χ2n) is 8.01. The van der Waals surface area contributed by atoms with Crippen molar-refractivity contribution in [1.82, 2.24) is 15.1 Å². The number of amides is 3. The number of urea groups is 1. The zero-order valence-electron chi connectivity index (χ0n) is 19.2. The maximum Gasteiger partial charge on any atom is 0.335 e. The Morgan fingerprint density at radius 2 is 1.91 bits per heavy atom. The summed E-state index contributed by atoms with van der Waals surface area (Å²) < 4.78 is 5.58. The molecule has 180 valence electrons. The standard InChI is InChI=1S/C25H28ClN3O5/c1-17-22(24(31)32)23(18-8-6-9-19(26)16-18)29(25(33)27-17)14-7-13-28(2)21(30)12-15-34-20-10-4-3-5-11-20/h3-6,8-11,16,23H,7,12-15H2,1-2H3,(H,27,33)(H,31,32). The topological polar surface area (TPSA) is 99.2 Å². The van der Waals surface area contributed by atoms with Crippen molar-refractivity contribution < 1.29 is 24.2 Å². The number of hydrogen-bond acceptors (Lipinski definition) is 4. The first kappa shape index (κ1) is 25.1. The van der Waals surface area contributed by atoms with E-state index in [1.807, 2.05) is 30.3 Å². The van der Waals surface area contributed by atoms with Crippen LogP contribution < -0.4 is 10.1 Å². The van der Waals surface area contributed by atoms with E-state index in [4.69, 9.17) is 16.3 Å². The summed E-state index contributed by atoms with van der Waals surface area (Å²) in [5, 5.41) is 12.9. The Labute approximate surface area is 203 Å². The molecule has 3 rings (SSSR count). The van der Waals surface area contributed by atoms with Gasteiger partial charge in [-0.25, -0.2) is 9.59 Å². The van der Waals surface area contributed by atoms with Gasteiger partial charge in [-0.3, -0.25) is 4.79 Å². The van der Waals surface area contributed by atoms with E-state index in [1.54, 1.807) is 43.1 Å². The first-order chi connectivity index (χ1) is 16.3. The van der Waals surface area contributed by atoms with Crippen molar-refractivity contribution in [3.05, 3.63) is 76.5 Å². The Kier molecular flexibility index (Phi) is 8.54. The Hall–Kier alpha value is -3.52. The molecule has 9 heteroatoms. The second-order valence-corrected chi connectivity index (χ2v) is 8.44. The van der Waals surface area contributed by atoms with E-state index in [1.165, 1.54) is 4.90 Å². The SMILES string of the molecule is CC1=C(C(=O)O)C(c2cccc(Cl)c2)N(CCCN(C)C(=O)CCOc2ccccc2)C(=O)N1. The average molecular weight is 486 g/mol. The number of hydrogen-bond donors (Lipinski definition) is 2. The molecular weight excluding hydrogens is 458 g/mol. The molecule has 0 spiro atoms. The van der Waals surface area contributed by atoms with Gasteiger partial charge in [0.1, 0.15) is 5.75 Å². The molecule has 0 aromatic heterocycles. The van der Waals surface area contributed by atoms with Gasteiger partial charge in [0, 0.05) is 30.9 Å². The van der Waals surface area contributed by atoms with Crippen molar-refractivity contribution in [1.29, 1.82) is 0 Å². The molecule has 1 aliphatic rings. The third kappa shape index (κ3) is 6.29. The highest BCUT2D eigenvalue weighted by molar-refractivity contribution is 6.30. The number of aliphatic carboxylic acids is 1. The first-order valence-corrected chi connectivity index (χ1v) is 11.3. The van der Waals surface area contributed by atoms with Gasteiger partial charge in [0.05, 0.1) is 24.6 Å². The van der Waals surface area contributed by atoms with E-state index in [2.05, 4.69) is 5.32 Å². The maximum absolute atomic E-state index is 12.8. The average Bonchev–Trinajstić information content (AvgIpc) is 2.80. The van der Waals surface area contributed by atoms with Crippen molar-refractivity contribution >= 4 is 29.5 Å². The number of halogens is 1. The summed E-state index contributed by atoms with van der Waals surface area (Å²) >= 11 is 6.14. The largest absolute Gasteiger partial charge is 0.493 e.